The number of oxime groups is 1. The van der Waals surface area contributed by atoms with Crippen molar-refractivity contribution in [1.29, 1.82) is 0 Å². The van der Waals surface area contributed by atoms with Crippen molar-refractivity contribution in [3.8, 4) is 17.2 Å². The van der Waals surface area contributed by atoms with Crippen LogP contribution in [0.2, 0.25) is 0 Å². The van der Waals surface area contributed by atoms with E-state index in [1.807, 2.05) is 54.6 Å². The van der Waals surface area contributed by atoms with Crippen molar-refractivity contribution in [2.45, 2.75) is 12.5 Å². The Morgan fingerprint density at radius 3 is 2.48 bits per heavy atom. The first kappa shape index (κ1) is 18.5. The summed E-state index contributed by atoms with van der Waals surface area (Å²) in [6.07, 6.45) is 3.11. The first-order valence-corrected chi connectivity index (χ1v) is 8.98. The minimum absolute atomic E-state index is 0.257. The first-order chi connectivity index (χ1) is 14.2. The largest absolute Gasteiger partial charge is 0.465 e. The van der Waals surface area contributed by atoms with Crippen LogP contribution in [0.15, 0.2) is 78.2 Å². The molecule has 1 aromatic heterocycles. The number of rotatable bonds is 5. The Hall–Kier alpha value is -3.87. The van der Waals surface area contributed by atoms with Crippen molar-refractivity contribution < 1.29 is 23.8 Å². The number of ether oxygens (including phenoxy) is 3. The molecule has 0 N–H and O–H groups in total. The molecule has 0 unspecified atom stereocenters. The van der Waals surface area contributed by atoms with Gasteiger partial charge >= 0.3 is 5.97 Å². The fourth-order valence-corrected chi connectivity index (χ4v) is 2.81. The molecule has 0 bridgehead atoms. The molecule has 0 saturated heterocycles. The Labute approximate surface area is 167 Å². The zero-order valence-electron chi connectivity index (χ0n) is 15.6. The standard InChI is InChI=1S/C22H18N2O5/c1-26-22(25)16-11-19(14-23-13-16)28-21-12-20(29-24-21)15-7-9-18(10-8-15)27-17-5-3-2-4-6-17/h2-11,13-14,20H,12H2,1H3/t20-/m0/s1. The van der Waals surface area contributed by atoms with Crippen LogP contribution in [0.25, 0.3) is 0 Å². The zero-order chi connectivity index (χ0) is 20.1. The minimum atomic E-state index is -0.483. The molecule has 0 radical (unpaired) electrons. The second-order valence-corrected chi connectivity index (χ2v) is 6.27. The number of benzene rings is 2. The van der Waals surface area contributed by atoms with Crippen molar-refractivity contribution >= 4 is 11.9 Å². The van der Waals surface area contributed by atoms with E-state index in [1.54, 1.807) is 6.07 Å². The van der Waals surface area contributed by atoms with Crippen molar-refractivity contribution in [2.24, 2.45) is 5.16 Å². The van der Waals surface area contributed by atoms with Gasteiger partial charge in [-0.3, -0.25) is 4.98 Å². The number of aromatic nitrogens is 1. The van der Waals surface area contributed by atoms with E-state index in [-0.39, 0.29) is 6.10 Å². The number of nitrogens with zero attached hydrogens (tertiary/aromatic N) is 2. The van der Waals surface area contributed by atoms with Crippen LogP contribution in [0.4, 0.5) is 0 Å². The van der Waals surface area contributed by atoms with Crippen LogP contribution in [-0.4, -0.2) is 24.0 Å². The summed E-state index contributed by atoms with van der Waals surface area (Å²) in [5.41, 5.74) is 1.25. The van der Waals surface area contributed by atoms with Gasteiger partial charge in [-0.25, -0.2) is 4.79 Å². The highest BCUT2D eigenvalue weighted by Gasteiger charge is 2.25. The third-order valence-corrected chi connectivity index (χ3v) is 4.24. The van der Waals surface area contributed by atoms with Crippen LogP contribution in [0.3, 0.4) is 0 Å². The molecule has 0 amide bonds. The number of carbonyl (C=O) groups excluding carboxylic acids is 1. The van der Waals surface area contributed by atoms with E-state index in [0.717, 1.165) is 17.1 Å². The van der Waals surface area contributed by atoms with E-state index in [1.165, 1.54) is 19.5 Å². The molecule has 2 heterocycles. The van der Waals surface area contributed by atoms with Crippen molar-refractivity contribution in [3.63, 3.8) is 0 Å². The summed E-state index contributed by atoms with van der Waals surface area (Å²) >= 11 is 0. The third kappa shape index (κ3) is 4.52. The van der Waals surface area contributed by atoms with Crippen LogP contribution < -0.4 is 9.47 Å². The van der Waals surface area contributed by atoms with Gasteiger partial charge in [0.15, 0.2) is 6.10 Å². The van der Waals surface area contributed by atoms with Gasteiger partial charge in [-0.05, 0) is 35.9 Å². The van der Waals surface area contributed by atoms with Gasteiger partial charge in [0.05, 0.1) is 25.3 Å². The lowest BCUT2D eigenvalue weighted by atomic mass is 10.1. The highest BCUT2D eigenvalue weighted by Crippen LogP contribution is 2.30. The van der Waals surface area contributed by atoms with Crippen LogP contribution in [0, 0.1) is 0 Å². The summed E-state index contributed by atoms with van der Waals surface area (Å²) in [4.78, 5) is 21.1. The van der Waals surface area contributed by atoms with Gasteiger partial charge in [0, 0.05) is 6.20 Å². The Bertz CT molecular complexity index is 1020. The fraction of sp³-hybridized carbons (Fsp3) is 0.136. The zero-order valence-corrected chi connectivity index (χ0v) is 15.6. The second-order valence-electron chi connectivity index (χ2n) is 6.27. The van der Waals surface area contributed by atoms with Crippen LogP contribution >= 0.6 is 0 Å². The Morgan fingerprint density at radius 2 is 1.72 bits per heavy atom. The molecule has 0 saturated carbocycles. The highest BCUT2D eigenvalue weighted by atomic mass is 16.7. The number of hydrogen-bond acceptors (Lipinski definition) is 7. The van der Waals surface area contributed by atoms with Crippen LogP contribution in [-0.2, 0) is 9.57 Å². The number of methoxy groups -OCH3 is 1. The van der Waals surface area contributed by atoms with Gasteiger partial charge in [0.25, 0.3) is 0 Å². The summed E-state index contributed by atoms with van der Waals surface area (Å²) in [7, 11) is 1.31. The molecule has 3 aromatic rings. The Balaban J connectivity index is 1.36. The predicted octanol–water partition coefficient (Wildman–Crippen LogP) is 4.51. The summed E-state index contributed by atoms with van der Waals surface area (Å²) in [6, 6.07) is 18.8. The molecule has 1 aliphatic rings. The molecule has 0 spiro atoms. The molecule has 7 nitrogen and oxygen atoms in total. The normalized spacial score (nSPS) is 15.2. The Morgan fingerprint density at radius 1 is 0.966 bits per heavy atom. The molecule has 1 atom stereocenters. The lowest BCUT2D eigenvalue weighted by Gasteiger charge is -2.10. The number of esters is 1. The lowest BCUT2D eigenvalue weighted by Crippen LogP contribution is -2.09. The first-order valence-electron chi connectivity index (χ1n) is 8.98. The maximum Gasteiger partial charge on any atom is 0.339 e. The third-order valence-electron chi connectivity index (χ3n) is 4.24. The fourth-order valence-electron chi connectivity index (χ4n) is 2.81. The molecule has 7 heteroatoms. The lowest BCUT2D eigenvalue weighted by molar-refractivity contribution is 0.0600. The average molecular weight is 390 g/mol. The van der Waals surface area contributed by atoms with E-state index in [4.69, 9.17) is 14.3 Å². The van der Waals surface area contributed by atoms with Gasteiger partial charge in [-0.2, -0.15) is 0 Å². The SMILES string of the molecule is COC(=O)c1cncc(OC2=NO[C@H](c3ccc(Oc4ccccc4)cc3)C2)c1. The minimum Gasteiger partial charge on any atom is -0.465 e. The van der Waals surface area contributed by atoms with E-state index in [9.17, 15) is 4.79 Å². The number of pyridine rings is 1. The summed E-state index contributed by atoms with van der Waals surface area (Å²) < 4.78 is 16.2. The molecule has 4 rings (SSSR count). The molecule has 146 valence electrons. The topological polar surface area (TPSA) is 79.2 Å². The smallest absolute Gasteiger partial charge is 0.339 e. The molecule has 29 heavy (non-hydrogen) atoms. The molecule has 2 aromatic carbocycles. The van der Waals surface area contributed by atoms with Crippen LogP contribution in [0.5, 0.6) is 17.2 Å². The summed E-state index contributed by atoms with van der Waals surface area (Å²) in [6.45, 7) is 0. The monoisotopic (exact) mass is 390 g/mol. The molecule has 1 aliphatic heterocycles. The molecular formula is C22H18N2O5. The molecule has 0 fully saturated rings. The number of hydrogen-bond donors (Lipinski definition) is 0. The van der Waals surface area contributed by atoms with Gasteiger partial charge in [-0.1, -0.05) is 35.5 Å². The number of para-hydroxylation sites is 1. The van der Waals surface area contributed by atoms with Crippen molar-refractivity contribution in [2.75, 3.05) is 7.11 Å². The van der Waals surface area contributed by atoms with E-state index in [0.29, 0.717) is 23.6 Å². The van der Waals surface area contributed by atoms with Gasteiger partial charge in [-0.15, -0.1) is 0 Å². The highest BCUT2D eigenvalue weighted by molar-refractivity contribution is 5.89. The summed E-state index contributed by atoms with van der Waals surface area (Å²) in [5.74, 6) is 1.83. The molecule has 0 aliphatic carbocycles. The average Bonchev–Trinajstić information content (AvgIpc) is 3.23. The number of carbonyl (C=O) groups is 1. The van der Waals surface area contributed by atoms with Crippen molar-refractivity contribution in [1.82, 2.24) is 4.98 Å². The van der Waals surface area contributed by atoms with E-state index < -0.39 is 5.97 Å². The van der Waals surface area contributed by atoms with Crippen LogP contribution in [0.1, 0.15) is 28.4 Å². The van der Waals surface area contributed by atoms with E-state index >= 15 is 0 Å². The maximum atomic E-state index is 11.6. The van der Waals surface area contributed by atoms with Gasteiger partial charge < -0.3 is 19.0 Å². The quantitative estimate of drug-likeness (QED) is 0.596. The van der Waals surface area contributed by atoms with E-state index in [2.05, 4.69) is 14.9 Å². The second kappa shape index (κ2) is 8.43. The van der Waals surface area contributed by atoms with Crippen molar-refractivity contribution in [3.05, 3.63) is 84.2 Å². The Kier molecular flexibility index (Phi) is 5.38. The molecular weight excluding hydrogens is 372 g/mol. The maximum absolute atomic E-state index is 11.6. The van der Waals surface area contributed by atoms with Gasteiger partial charge in [0.1, 0.15) is 17.2 Å². The summed E-state index contributed by atoms with van der Waals surface area (Å²) in [5, 5.41) is 3.99. The van der Waals surface area contributed by atoms with Gasteiger partial charge in [0.2, 0.25) is 5.90 Å². The predicted molar refractivity (Wildman–Crippen MR) is 105 cm³/mol.